The Morgan fingerprint density at radius 1 is 0.524 bits per heavy atom. The molecule has 42 heavy (non-hydrogen) atoms. The molecule has 202 valence electrons. The highest BCUT2D eigenvalue weighted by atomic mass is 32.4. The van der Waals surface area contributed by atoms with Crippen molar-refractivity contribution in [2.24, 2.45) is 0 Å². The first-order valence-corrected chi connectivity index (χ1v) is 17.3. The van der Waals surface area contributed by atoms with E-state index in [9.17, 15) is 0 Å². The number of benzene rings is 6. The van der Waals surface area contributed by atoms with Gasteiger partial charge in [-0.2, -0.15) is 0 Å². The number of nitrogens with zero attached hydrogens (tertiary/aromatic N) is 1. The number of hydrogen-bond donors (Lipinski definition) is 0. The molecular weight excluding hydrogens is 545 g/mol. The first-order chi connectivity index (χ1) is 20.5. The fourth-order valence-electron chi connectivity index (χ4n) is 6.92. The molecule has 0 bridgehead atoms. The minimum Gasteiger partial charge on any atom is -0.309 e. The number of para-hydroxylation sites is 2. The monoisotopic (exact) mass is 575 g/mol. The number of aromatic nitrogens is 1. The van der Waals surface area contributed by atoms with Crippen LogP contribution in [-0.4, -0.2) is 4.57 Å². The molecular formula is C39H30NPS. The lowest BCUT2D eigenvalue weighted by molar-refractivity contribution is 0.630. The third-order valence-corrected chi connectivity index (χ3v) is 14.1. The lowest BCUT2D eigenvalue weighted by Gasteiger charge is -2.35. The quantitative estimate of drug-likeness (QED) is 0.190. The van der Waals surface area contributed by atoms with Crippen molar-refractivity contribution in [1.29, 1.82) is 0 Å². The molecule has 0 saturated heterocycles. The molecule has 1 aliphatic heterocycles. The molecule has 8 rings (SSSR count). The highest BCUT2D eigenvalue weighted by molar-refractivity contribution is 8.25. The van der Waals surface area contributed by atoms with Crippen LogP contribution in [0.5, 0.6) is 0 Å². The molecule has 0 aliphatic carbocycles. The van der Waals surface area contributed by atoms with Crippen molar-refractivity contribution in [3.05, 3.63) is 157 Å². The van der Waals surface area contributed by atoms with Gasteiger partial charge in [-0.3, -0.25) is 0 Å². The zero-order chi connectivity index (χ0) is 28.5. The summed E-state index contributed by atoms with van der Waals surface area (Å²) in [5.74, 6) is 0. The average Bonchev–Trinajstić information content (AvgIpc) is 3.39. The molecule has 1 nitrogen and oxygen atoms in total. The van der Waals surface area contributed by atoms with Crippen LogP contribution in [0.4, 0.5) is 0 Å². The summed E-state index contributed by atoms with van der Waals surface area (Å²) in [5, 5.41) is 6.29. The molecule has 0 amide bonds. The summed E-state index contributed by atoms with van der Waals surface area (Å²) in [7, 11) is 0. The molecule has 6 aromatic carbocycles. The van der Waals surface area contributed by atoms with Crippen LogP contribution < -0.4 is 15.9 Å². The zero-order valence-electron chi connectivity index (χ0n) is 23.7. The average molecular weight is 576 g/mol. The minimum absolute atomic E-state index is 0.128. The fourth-order valence-corrected chi connectivity index (χ4v) is 10.7. The first kappa shape index (κ1) is 25.5. The Balaban J connectivity index is 1.27. The molecule has 1 aromatic heterocycles. The van der Waals surface area contributed by atoms with Crippen LogP contribution in [0.1, 0.15) is 25.0 Å². The van der Waals surface area contributed by atoms with Crippen LogP contribution in [-0.2, 0) is 17.2 Å². The molecule has 0 saturated carbocycles. The second kappa shape index (κ2) is 9.39. The van der Waals surface area contributed by atoms with Crippen LogP contribution >= 0.6 is 6.04 Å². The van der Waals surface area contributed by atoms with Crippen molar-refractivity contribution in [2.75, 3.05) is 0 Å². The molecule has 2 heterocycles. The molecule has 0 radical (unpaired) electrons. The predicted octanol–water partition coefficient (Wildman–Crippen LogP) is 8.85. The molecule has 0 unspecified atom stereocenters. The second-order valence-corrected chi connectivity index (χ2v) is 16.1. The van der Waals surface area contributed by atoms with Gasteiger partial charge in [0.1, 0.15) is 0 Å². The molecule has 0 atom stereocenters. The van der Waals surface area contributed by atoms with Crippen LogP contribution in [0.15, 0.2) is 146 Å². The summed E-state index contributed by atoms with van der Waals surface area (Å²) >= 11 is 6.58. The Labute approximate surface area is 252 Å². The number of hydrogen-bond acceptors (Lipinski definition) is 1. The summed E-state index contributed by atoms with van der Waals surface area (Å²) < 4.78 is 2.48. The number of rotatable bonds is 4. The Hall–Kier alpha value is -4.23. The van der Waals surface area contributed by atoms with Gasteiger partial charge in [-0.15, -0.1) is 0 Å². The third kappa shape index (κ3) is 3.59. The third-order valence-electron chi connectivity index (χ3n) is 9.08. The highest BCUT2D eigenvalue weighted by Crippen LogP contribution is 2.48. The smallest absolute Gasteiger partial charge is 0.0582 e. The van der Waals surface area contributed by atoms with Crippen LogP contribution in [0.25, 0.3) is 38.6 Å². The number of fused-ring (bicyclic) bond motifs is 5. The first-order valence-electron chi connectivity index (χ1n) is 14.5. The van der Waals surface area contributed by atoms with Crippen molar-refractivity contribution in [1.82, 2.24) is 4.57 Å². The second-order valence-electron chi connectivity index (χ2n) is 11.7. The van der Waals surface area contributed by atoms with Gasteiger partial charge < -0.3 is 4.57 Å². The molecule has 0 fully saturated rings. The zero-order valence-corrected chi connectivity index (χ0v) is 25.4. The van der Waals surface area contributed by atoms with Gasteiger partial charge in [0.25, 0.3) is 0 Å². The van der Waals surface area contributed by atoms with Crippen molar-refractivity contribution in [3.8, 4) is 16.8 Å². The lowest BCUT2D eigenvalue weighted by atomic mass is 9.74. The molecule has 1 aliphatic rings. The largest absolute Gasteiger partial charge is 0.309 e. The van der Waals surface area contributed by atoms with Crippen LogP contribution in [0.2, 0.25) is 0 Å². The lowest BCUT2D eigenvalue weighted by Crippen LogP contribution is -2.26. The van der Waals surface area contributed by atoms with Gasteiger partial charge in [-0.25, -0.2) is 0 Å². The molecule has 0 spiro atoms. The van der Waals surface area contributed by atoms with E-state index in [0.29, 0.717) is 0 Å². The van der Waals surface area contributed by atoms with Gasteiger partial charge in [0.2, 0.25) is 0 Å². The standard InChI is InChI=1S/C39H30NPS/c1-39(2)34-18-11-17-33-32-16-9-10-19-36(32)40(38(33)34)37-25-22-28(26-35(37)39)27-20-23-31(24-21-27)41(42,29-12-5-3-6-13-29)30-14-7-4-8-15-30/h3-26H,1-2H3. The summed E-state index contributed by atoms with van der Waals surface area (Å²) in [4.78, 5) is 0. The van der Waals surface area contributed by atoms with E-state index in [1.165, 1.54) is 65.7 Å². The normalized spacial score (nSPS) is 13.8. The Morgan fingerprint density at radius 2 is 1.10 bits per heavy atom. The predicted molar refractivity (Wildman–Crippen MR) is 184 cm³/mol. The van der Waals surface area contributed by atoms with Crippen LogP contribution in [0.3, 0.4) is 0 Å². The van der Waals surface area contributed by atoms with E-state index in [1.54, 1.807) is 0 Å². The maximum atomic E-state index is 6.58. The highest BCUT2D eigenvalue weighted by Gasteiger charge is 2.35. The van der Waals surface area contributed by atoms with E-state index in [4.69, 9.17) is 11.8 Å². The van der Waals surface area contributed by atoms with E-state index < -0.39 is 6.04 Å². The van der Waals surface area contributed by atoms with Gasteiger partial charge in [0.15, 0.2) is 0 Å². The molecule has 7 aromatic rings. The van der Waals surface area contributed by atoms with Crippen molar-refractivity contribution >= 4 is 55.6 Å². The van der Waals surface area contributed by atoms with Gasteiger partial charge in [0, 0.05) is 22.2 Å². The van der Waals surface area contributed by atoms with E-state index >= 15 is 0 Å². The summed E-state index contributed by atoms with van der Waals surface area (Å²) in [5.41, 5.74) is 8.91. The van der Waals surface area contributed by atoms with Crippen molar-refractivity contribution in [2.45, 2.75) is 19.3 Å². The Morgan fingerprint density at radius 3 is 1.79 bits per heavy atom. The van der Waals surface area contributed by atoms with Crippen molar-refractivity contribution < 1.29 is 0 Å². The van der Waals surface area contributed by atoms with Gasteiger partial charge in [0.05, 0.1) is 16.7 Å². The van der Waals surface area contributed by atoms with Gasteiger partial charge in [-0.1, -0.05) is 153 Å². The fraction of sp³-hybridized carbons (Fsp3) is 0.0769. The van der Waals surface area contributed by atoms with E-state index in [1.807, 2.05) is 0 Å². The maximum Gasteiger partial charge on any atom is 0.0582 e. The van der Waals surface area contributed by atoms with Gasteiger partial charge in [-0.05, 0) is 56.4 Å². The summed E-state index contributed by atoms with van der Waals surface area (Å²) in [6.07, 6.45) is 0. The summed E-state index contributed by atoms with van der Waals surface area (Å²) in [6.45, 7) is 4.73. The van der Waals surface area contributed by atoms with Crippen LogP contribution in [0, 0.1) is 0 Å². The minimum atomic E-state index is -2.18. The van der Waals surface area contributed by atoms with Gasteiger partial charge >= 0.3 is 0 Å². The molecule has 0 N–H and O–H groups in total. The Kier molecular flexibility index (Phi) is 5.70. The SMILES string of the molecule is CC1(C)c2cc(-c3ccc(P(=S)(c4ccccc4)c4ccccc4)cc3)ccc2-n2c3ccccc3c3cccc1c32. The Bertz CT molecular complexity index is 2130. The van der Waals surface area contributed by atoms with Crippen molar-refractivity contribution in [3.63, 3.8) is 0 Å². The van der Waals surface area contributed by atoms with E-state index in [2.05, 4.69) is 164 Å². The summed E-state index contributed by atoms with van der Waals surface area (Å²) in [6, 6.07) is 50.7. The van der Waals surface area contributed by atoms with E-state index in [0.717, 1.165) is 0 Å². The maximum absolute atomic E-state index is 6.58. The molecule has 3 heteroatoms. The van der Waals surface area contributed by atoms with E-state index in [-0.39, 0.29) is 5.41 Å². The topological polar surface area (TPSA) is 4.93 Å².